The van der Waals surface area contributed by atoms with Gasteiger partial charge in [-0.15, -0.1) is 0 Å². The summed E-state index contributed by atoms with van der Waals surface area (Å²) in [5, 5.41) is 3.29. The summed E-state index contributed by atoms with van der Waals surface area (Å²) in [6.45, 7) is 10.9. The van der Waals surface area contributed by atoms with Crippen LogP contribution >= 0.6 is 0 Å². The maximum Gasteiger partial charge on any atom is 0.293 e. The minimum Gasteiger partial charge on any atom is -0.375 e. The van der Waals surface area contributed by atoms with Gasteiger partial charge >= 0.3 is 0 Å². The van der Waals surface area contributed by atoms with Gasteiger partial charge in [-0.2, -0.15) is 0 Å². The summed E-state index contributed by atoms with van der Waals surface area (Å²) in [5.41, 5.74) is -0.455. The molecule has 5 heteroatoms. The second kappa shape index (κ2) is 5.20. The number of ether oxygens (including phenoxy) is 1. The fraction of sp³-hybridized carbons (Fsp3) is 0.733. The molecule has 1 aromatic rings. The third-order valence-corrected chi connectivity index (χ3v) is 3.60. The first kappa shape index (κ1) is 15.0. The van der Waals surface area contributed by atoms with E-state index in [0.717, 1.165) is 12.8 Å². The Balaban J connectivity index is 2.20. The number of nitrogens with zero attached hydrogens (tertiary/aromatic N) is 2. The van der Waals surface area contributed by atoms with Crippen LogP contribution in [-0.4, -0.2) is 27.8 Å². The molecule has 20 heavy (non-hydrogen) atoms. The molecular formula is C15H25N3O2. The van der Waals surface area contributed by atoms with E-state index in [1.54, 1.807) is 17.0 Å². The van der Waals surface area contributed by atoms with E-state index < -0.39 is 0 Å². The molecule has 2 heterocycles. The first-order valence-electron chi connectivity index (χ1n) is 7.18. The van der Waals surface area contributed by atoms with Gasteiger partial charge in [0.1, 0.15) is 0 Å². The van der Waals surface area contributed by atoms with Gasteiger partial charge in [-0.05, 0) is 47.5 Å². The Hall–Kier alpha value is -1.36. The number of hydrogen-bond acceptors (Lipinski definition) is 4. The third-order valence-electron chi connectivity index (χ3n) is 3.60. The summed E-state index contributed by atoms with van der Waals surface area (Å²) in [6.07, 6.45) is 5.19. The Labute approximate surface area is 120 Å². The summed E-state index contributed by atoms with van der Waals surface area (Å²) in [6, 6.07) is 0.231. The second-order valence-electron chi connectivity index (χ2n) is 7.06. The number of anilines is 1. The zero-order valence-electron chi connectivity index (χ0n) is 13.1. The van der Waals surface area contributed by atoms with E-state index in [4.69, 9.17) is 4.74 Å². The second-order valence-corrected chi connectivity index (χ2v) is 7.06. The fourth-order valence-corrected chi connectivity index (χ4v) is 2.59. The van der Waals surface area contributed by atoms with Crippen LogP contribution in [-0.2, 0) is 10.3 Å². The topological polar surface area (TPSA) is 56.2 Å². The lowest BCUT2D eigenvalue weighted by Gasteiger charge is -2.36. The van der Waals surface area contributed by atoms with Crippen molar-refractivity contribution >= 4 is 5.82 Å². The smallest absolute Gasteiger partial charge is 0.293 e. The molecule has 1 saturated heterocycles. The Morgan fingerprint density at radius 1 is 1.45 bits per heavy atom. The summed E-state index contributed by atoms with van der Waals surface area (Å²) in [4.78, 5) is 16.7. The number of rotatable bonds is 2. The Morgan fingerprint density at radius 2 is 2.15 bits per heavy atom. The largest absolute Gasteiger partial charge is 0.375 e. The van der Waals surface area contributed by atoms with Crippen molar-refractivity contribution in [1.82, 2.24) is 9.55 Å². The van der Waals surface area contributed by atoms with Crippen LogP contribution in [0.4, 0.5) is 5.82 Å². The van der Waals surface area contributed by atoms with Crippen molar-refractivity contribution in [2.24, 2.45) is 0 Å². The van der Waals surface area contributed by atoms with Crippen LogP contribution in [0.3, 0.4) is 0 Å². The monoisotopic (exact) mass is 279 g/mol. The van der Waals surface area contributed by atoms with Crippen LogP contribution < -0.4 is 10.9 Å². The molecule has 0 spiro atoms. The minimum atomic E-state index is -0.245. The highest BCUT2D eigenvalue weighted by molar-refractivity contribution is 5.33. The molecule has 0 aliphatic carbocycles. The van der Waals surface area contributed by atoms with Crippen molar-refractivity contribution in [2.75, 3.05) is 11.9 Å². The summed E-state index contributed by atoms with van der Waals surface area (Å²) in [5.74, 6) is 0.435. The van der Waals surface area contributed by atoms with Crippen LogP contribution in [0.25, 0.3) is 0 Å². The molecule has 112 valence electrons. The molecule has 5 nitrogen and oxygen atoms in total. The van der Waals surface area contributed by atoms with Gasteiger partial charge in [-0.25, -0.2) is 4.98 Å². The molecule has 0 bridgehead atoms. The molecular weight excluding hydrogens is 254 g/mol. The molecule has 1 aliphatic rings. The van der Waals surface area contributed by atoms with Crippen molar-refractivity contribution in [3.05, 3.63) is 22.7 Å². The van der Waals surface area contributed by atoms with Crippen LogP contribution in [0.5, 0.6) is 0 Å². The van der Waals surface area contributed by atoms with Gasteiger partial charge in [-0.1, -0.05) is 0 Å². The molecule has 1 atom stereocenters. The molecule has 0 aromatic carbocycles. The Kier molecular flexibility index (Phi) is 3.91. The lowest BCUT2D eigenvalue weighted by Crippen LogP contribution is -2.42. The van der Waals surface area contributed by atoms with Crippen LogP contribution in [0.1, 0.15) is 47.5 Å². The zero-order chi connectivity index (χ0) is 15.0. The highest BCUT2D eigenvalue weighted by Gasteiger charge is 2.29. The predicted octanol–water partition coefficient (Wildman–Crippen LogP) is 2.37. The predicted molar refractivity (Wildman–Crippen MR) is 80.2 cm³/mol. The van der Waals surface area contributed by atoms with Crippen LogP contribution in [0, 0.1) is 0 Å². The highest BCUT2D eigenvalue weighted by atomic mass is 16.5. The molecule has 0 amide bonds. The van der Waals surface area contributed by atoms with Crippen molar-refractivity contribution in [1.29, 1.82) is 0 Å². The lowest BCUT2D eigenvalue weighted by atomic mass is 9.94. The van der Waals surface area contributed by atoms with E-state index in [1.165, 1.54) is 0 Å². The van der Waals surface area contributed by atoms with E-state index >= 15 is 0 Å². The van der Waals surface area contributed by atoms with Gasteiger partial charge in [-0.3, -0.25) is 4.79 Å². The van der Waals surface area contributed by atoms with Gasteiger partial charge in [0.25, 0.3) is 5.56 Å². The molecule has 1 N–H and O–H groups in total. The average Bonchev–Trinajstić information content (AvgIpc) is 2.29. The first-order chi connectivity index (χ1) is 9.19. The van der Waals surface area contributed by atoms with Crippen molar-refractivity contribution in [3.63, 3.8) is 0 Å². The van der Waals surface area contributed by atoms with Gasteiger partial charge in [0.15, 0.2) is 5.82 Å². The summed E-state index contributed by atoms with van der Waals surface area (Å²) < 4.78 is 7.41. The minimum absolute atomic E-state index is 0.0655. The maximum atomic E-state index is 12.5. The van der Waals surface area contributed by atoms with E-state index in [-0.39, 0.29) is 22.7 Å². The molecule has 2 rings (SSSR count). The Morgan fingerprint density at radius 3 is 2.75 bits per heavy atom. The molecule has 1 aromatic heterocycles. The van der Waals surface area contributed by atoms with Crippen molar-refractivity contribution < 1.29 is 4.74 Å². The van der Waals surface area contributed by atoms with Gasteiger partial charge < -0.3 is 14.6 Å². The number of hydrogen-bond donors (Lipinski definition) is 1. The van der Waals surface area contributed by atoms with Crippen LogP contribution in [0.15, 0.2) is 17.2 Å². The van der Waals surface area contributed by atoms with Gasteiger partial charge in [0.05, 0.1) is 5.60 Å². The molecule has 0 saturated carbocycles. The fourth-order valence-electron chi connectivity index (χ4n) is 2.59. The Bertz CT molecular complexity index is 529. The highest BCUT2D eigenvalue weighted by Crippen LogP contribution is 2.25. The lowest BCUT2D eigenvalue weighted by molar-refractivity contribution is -0.0553. The van der Waals surface area contributed by atoms with E-state index in [9.17, 15) is 4.79 Å². The molecule has 1 unspecified atom stereocenters. The zero-order valence-corrected chi connectivity index (χ0v) is 13.1. The number of aromatic nitrogens is 2. The first-order valence-corrected chi connectivity index (χ1v) is 7.18. The van der Waals surface area contributed by atoms with E-state index in [0.29, 0.717) is 12.4 Å². The van der Waals surface area contributed by atoms with E-state index in [2.05, 4.69) is 24.1 Å². The quantitative estimate of drug-likeness (QED) is 0.903. The average molecular weight is 279 g/mol. The molecule has 0 radical (unpaired) electrons. The summed E-state index contributed by atoms with van der Waals surface area (Å²) in [7, 11) is 0. The molecule has 1 fully saturated rings. The maximum absolute atomic E-state index is 12.5. The molecule has 1 aliphatic heterocycles. The third kappa shape index (κ3) is 3.39. The normalized spacial score (nSPS) is 22.6. The van der Waals surface area contributed by atoms with Gasteiger partial charge in [0.2, 0.25) is 0 Å². The number of nitrogens with one attached hydrogen (secondary N) is 1. The SMILES string of the molecule is CC1(C)CC(Nc2nccn(C(C)(C)C)c2=O)CCO1. The standard InChI is InChI=1S/C15H25N3O2/c1-14(2,3)18-8-7-16-12(13(18)19)17-11-6-9-20-15(4,5)10-11/h7-8,11H,6,9-10H2,1-5H3,(H,16,17). The van der Waals surface area contributed by atoms with Crippen LogP contribution in [0.2, 0.25) is 0 Å². The van der Waals surface area contributed by atoms with E-state index in [1.807, 2.05) is 20.8 Å². The summed E-state index contributed by atoms with van der Waals surface area (Å²) >= 11 is 0. The van der Waals surface area contributed by atoms with Crippen molar-refractivity contribution in [2.45, 2.75) is 64.6 Å². The van der Waals surface area contributed by atoms with Crippen molar-refractivity contribution in [3.8, 4) is 0 Å². The van der Waals surface area contributed by atoms with Gasteiger partial charge in [0, 0.05) is 30.6 Å².